The van der Waals surface area contributed by atoms with Crippen LogP contribution in [0.4, 0.5) is 0 Å². The molecule has 0 radical (unpaired) electrons. The highest BCUT2D eigenvalue weighted by Crippen LogP contribution is 2.39. The summed E-state index contributed by atoms with van der Waals surface area (Å²) in [5.41, 5.74) is 2.24. The third-order valence-corrected chi connectivity index (χ3v) is 4.40. The fraction of sp³-hybridized carbons (Fsp3) is 0.500. The van der Waals surface area contributed by atoms with Gasteiger partial charge in [0, 0.05) is 25.3 Å². The Kier molecular flexibility index (Phi) is 3.04. The first kappa shape index (κ1) is 12.0. The van der Waals surface area contributed by atoms with Gasteiger partial charge in [-0.2, -0.15) is 0 Å². The Morgan fingerprint density at radius 1 is 1.33 bits per heavy atom. The minimum absolute atomic E-state index is 0.112. The second-order valence-electron chi connectivity index (χ2n) is 5.19. The van der Waals surface area contributed by atoms with Gasteiger partial charge in [0.1, 0.15) is 0 Å². The molecule has 1 aliphatic carbocycles. The van der Waals surface area contributed by atoms with E-state index in [4.69, 9.17) is 11.6 Å². The fourth-order valence-electron chi connectivity index (χ4n) is 3.11. The van der Waals surface area contributed by atoms with E-state index in [1.165, 1.54) is 0 Å². The van der Waals surface area contributed by atoms with E-state index < -0.39 is 6.10 Å². The second-order valence-corrected chi connectivity index (χ2v) is 5.49. The molecule has 96 valence electrons. The summed E-state index contributed by atoms with van der Waals surface area (Å²) in [5, 5.41) is 10.2. The molecule has 1 aromatic rings. The molecule has 1 saturated heterocycles. The zero-order chi connectivity index (χ0) is 12.7. The number of aliphatic hydroxyl groups is 1. The number of likely N-dealkylation sites (tertiary alicyclic amines) is 1. The molecule has 1 aliphatic heterocycles. The molecule has 0 saturated carbocycles. The van der Waals surface area contributed by atoms with E-state index in [2.05, 4.69) is 0 Å². The zero-order valence-corrected chi connectivity index (χ0v) is 10.8. The summed E-state index contributed by atoms with van der Waals surface area (Å²) < 4.78 is 0. The number of aliphatic hydroxyl groups excluding tert-OH is 1. The van der Waals surface area contributed by atoms with E-state index in [0.29, 0.717) is 25.3 Å². The van der Waals surface area contributed by atoms with Gasteiger partial charge in [-0.15, -0.1) is 11.6 Å². The van der Waals surface area contributed by atoms with Crippen LogP contribution < -0.4 is 0 Å². The number of fused-ring (bicyclic) bond motifs is 1. The van der Waals surface area contributed by atoms with Crippen LogP contribution in [-0.4, -0.2) is 34.4 Å². The minimum atomic E-state index is -0.486. The predicted molar refractivity (Wildman–Crippen MR) is 69.4 cm³/mol. The Labute approximate surface area is 111 Å². The third-order valence-electron chi connectivity index (χ3n) is 3.96. The van der Waals surface area contributed by atoms with E-state index in [1.807, 2.05) is 29.2 Å². The zero-order valence-electron chi connectivity index (χ0n) is 10.1. The quantitative estimate of drug-likeness (QED) is 0.828. The normalized spacial score (nSPS) is 30.9. The molecule has 18 heavy (non-hydrogen) atoms. The molecule has 1 fully saturated rings. The molecule has 1 unspecified atom stereocenters. The lowest BCUT2D eigenvalue weighted by Crippen LogP contribution is -2.35. The van der Waals surface area contributed by atoms with Gasteiger partial charge in [-0.25, -0.2) is 0 Å². The van der Waals surface area contributed by atoms with Crippen LogP contribution in [0, 0.1) is 5.92 Å². The van der Waals surface area contributed by atoms with Gasteiger partial charge in [-0.05, 0) is 17.0 Å². The third kappa shape index (κ3) is 1.82. The first-order valence-electron chi connectivity index (χ1n) is 6.32. The van der Waals surface area contributed by atoms with Crippen molar-refractivity contribution in [3.8, 4) is 0 Å². The predicted octanol–water partition coefficient (Wildman–Crippen LogP) is 1.73. The standard InChI is InChI=1S/C14H16ClNO2/c15-7-9-5-13(18)16(8-9)14-11-4-2-1-3-10(11)6-12(14)17/h1-4,9,12,14,17H,5-8H2/t9?,12-,14+/m0/s1. The number of rotatable bonds is 2. The van der Waals surface area contributed by atoms with Gasteiger partial charge in [0.15, 0.2) is 0 Å². The Morgan fingerprint density at radius 2 is 2.11 bits per heavy atom. The number of benzene rings is 1. The molecular weight excluding hydrogens is 250 g/mol. The number of halogens is 1. The van der Waals surface area contributed by atoms with Gasteiger partial charge < -0.3 is 10.0 Å². The molecule has 0 bridgehead atoms. The average molecular weight is 266 g/mol. The van der Waals surface area contributed by atoms with E-state index in [-0.39, 0.29) is 17.9 Å². The van der Waals surface area contributed by atoms with Crippen LogP contribution in [0.5, 0.6) is 0 Å². The van der Waals surface area contributed by atoms with E-state index in [9.17, 15) is 9.90 Å². The van der Waals surface area contributed by atoms with E-state index in [1.54, 1.807) is 0 Å². The van der Waals surface area contributed by atoms with Crippen molar-refractivity contribution in [1.29, 1.82) is 0 Å². The molecule has 1 heterocycles. The highest BCUT2D eigenvalue weighted by molar-refractivity contribution is 6.18. The molecule has 0 spiro atoms. The van der Waals surface area contributed by atoms with Crippen molar-refractivity contribution in [3.05, 3.63) is 35.4 Å². The fourth-order valence-corrected chi connectivity index (χ4v) is 3.32. The SMILES string of the molecule is O=C1CC(CCl)CN1[C@@H]1c2ccccc2C[C@@H]1O. The van der Waals surface area contributed by atoms with E-state index in [0.717, 1.165) is 11.1 Å². The molecular formula is C14H16ClNO2. The van der Waals surface area contributed by atoms with Gasteiger partial charge in [-0.1, -0.05) is 24.3 Å². The van der Waals surface area contributed by atoms with E-state index >= 15 is 0 Å². The lowest BCUT2D eigenvalue weighted by Gasteiger charge is -2.28. The maximum absolute atomic E-state index is 12.0. The molecule has 3 nitrogen and oxygen atoms in total. The number of alkyl halides is 1. The first-order chi connectivity index (χ1) is 8.70. The molecule has 4 heteroatoms. The Hall–Kier alpha value is -1.06. The number of hydrogen-bond acceptors (Lipinski definition) is 2. The van der Waals surface area contributed by atoms with Crippen LogP contribution in [0.25, 0.3) is 0 Å². The summed E-state index contributed by atoms with van der Waals surface area (Å²) in [7, 11) is 0. The number of amides is 1. The second kappa shape index (κ2) is 4.56. The Balaban J connectivity index is 1.91. The van der Waals surface area contributed by atoms with Crippen molar-refractivity contribution in [1.82, 2.24) is 4.90 Å². The maximum Gasteiger partial charge on any atom is 0.223 e. The summed E-state index contributed by atoms with van der Waals surface area (Å²) in [6.07, 6.45) is 0.658. The van der Waals surface area contributed by atoms with Crippen molar-refractivity contribution >= 4 is 17.5 Å². The Morgan fingerprint density at radius 3 is 2.83 bits per heavy atom. The van der Waals surface area contributed by atoms with Gasteiger partial charge in [-0.3, -0.25) is 4.79 Å². The number of carbonyl (C=O) groups excluding carboxylic acids is 1. The number of carbonyl (C=O) groups is 1. The molecule has 3 atom stereocenters. The van der Waals surface area contributed by atoms with Crippen LogP contribution in [0.15, 0.2) is 24.3 Å². The largest absolute Gasteiger partial charge is 0.390 e. The highest BCUT2D eigenvalue weighted by atomic mass is 35.5. The summed E-state index contributed by atoms with van der Waals surface area (Å²) in [6.45, 7) is 0.665. The van der Waals surface area contributed by atoms with Crippen molar-refractivity contribution in [2.75, 3.05) is 12.4 Å². The van der Waals surface area contributed by atoms with Crippen LogP contribution in [-0.2, 0) is 11.2 Å². The van der Waals surface area contributed by atoms with Gasteiger partial charge in [0.25, 0.3) is 0 Å². The van der Waals surface area contributed by atoms with Gasteiger partial charge >= 0.3 is 0 Å². The van der Waals surface area contributed by atoms with Crippen LogP contribution >= 0.6 is 11.6 Å². The number of nitrogens with zero attached hydrogens (tertiary/aromatic N) is 1. The van der Waals surface area contributed by atoms with Crippen molar-refractivity contribution < 1.29 is 9.90 Å². The summed E-state index contributed by atoms with van der Waals surface area (Å²) in [4.78, 5) is 13.9. The van der Waals surface area contributed by atoms with Crippen molar-refractivity contribution in [2.24, 2.45) is 5.92 Å². The molecule has 1 amide bonds. The van der Waals surface area contributed by atoms with Crippen molar-refractivity contribution in [3.63, 3.8) is 0 Å². The van der Waals surface area contributed by atoms with Gasteiger partial charge in [0.05, 0.1) is 12.1 Å². The topological polar surface area (TPSA) is 40.5 Å². The minimum Gasteiger partial charge on any atom is -0.390 e. The van der Waals surface area contributed by atoms with Gasteiger partial charge in [0.2, 0.25) is 5.91 Å². The molecule has 2 aliphatic rings. The lowest BCUT2D eigenvalue weighted by molar-refractivity contribution is -0.131. The van der Waals surface area contributed by atoms with Crippen molar-refractivity contribution in [2.45, 2.75) is 25.0 Å². The monoisotopic (exact) mass is 265 g/mol. The maximum atomic E-state index is 12.0. The summed E-state index contributed by atoms with van der Waals surface area (Å²) in [6, 6.07) is 7.79. The lowest BCUT2D eigenvalue weighted by atomic mass is 10.1. The van der Waals surface area contributed by atoms with Crippen LogP contribution in [0.3, 0.4) is 0 Å². The molecule has 1 N–H and O–H groups in total. The molecule has 1 aromatic carbocycles. The van der Waals surface area contributed by atoms with Crippen LogP contribution in [0.1, 0.15) is 23.6 Å². The Bertz CT molecular complexity index is 477. The first-order valence-corrected chi connectivity index (χ1v) is 6.85. The van der Waals surface area contributed by atoms with Crippen LogP contribution in [0.2, 0.25) is 0 Å². The average Bonchev–Trinajstić information content (AvgIpc) is 2.88. The molecule has 3 rings (SSSR count). The summed E-state index contributed by atoms with van der Waals surface area (Å²) >= 11 is 5.84. The highest BCUT2D eigenvalue weighted by Gasteiger charge is 2.41. The molecule has 0 aromatic heterocycles. The smallest absolute Gasteiger partial charge is 0.223 e. The summed E-state index contributed by atoms with van der Waals surface area (Å²) in [5.74, 6) is 0.840. The number of hydrogen-bond donors (Lipinski definition) is 1.